The van der Waals surface area contributed by atoms with Crippen molar-refractivity contribution in [2.24, 2.45) is 0 Å². The van der Waals surface area contributed by atoms with Crippen LogP contribution in [0, 0.1) is 0 Å². The van der Waals surface area contributed by atoms with Gasteiger partial charge in [0, 0.05) is 12.8 Å². The van der Waals surface area contributed by atoms with Gasteiger partial charge in [-0.2, -0.15) is 0 Å². The number of phosphoric acid groups is 1. The summed E-state index contributed by atoms with van der Waals surface area (Å²) in [6.07, 6.45) is 46.7. The van der Waals surface area contributed by atoms with E-state index >= 15 is 0 Å². The van der Waals surface area contributed by atoms with Gasteiger partial charge in [0.1, 0.15) is 19.8 Å². The SMILES string of the molecule is CC/C=C/C/C=C/C/C=C/C/C=C/C/C=C/CCCC(=O)OC[C@H](COP(=O)(O)OCC[N+](C)(C)C)OC(=O)CCCCCCC/C=C/CCCCCCCC. The molecule has 0 saturated heterocycles. The van der Waals surface area contributed by atoms with Crippen LogP contribution in [0.3, 0.4) is 0 Å². The van der Waals surface area contributed by atoms with Gasteiger partial charge in [-0.3, -0.25) is 18.6 Å². The van der Waals surface area contributed by atoms with Crippen LogP contribution in [-0.4, -0.2) is 74.9 Å². The molecule has 1 N–H and O–H groups in total. The molecule has 0 spiro atoms. The van der Waals surface area contributed by atoms with E-state index in [1.807, 2.05) is 21.1 Å². The molecule has 0 amide bonds. The Morgan fingerprint density at radius 2 is 1.04 bits per heavy atom. The Labute approximate surface area is 342 Å². The van der Waals surface area contributed by atoms with E-state index in [0.29, 0.717) is 23.9 Å². The highest BCUT2D eigenvalue weighted by molar-refractivity contribution is 7.47. The predicted molar refractivity (Wildman–Crippen MR) is 233 cm³/mol. The van der Waals surface area contributed by atoms with Gasteiger partial charge >= 0.3 is 19.8 Å². The van der Waals surface area contributed by atoms with Gasteiger partial charge in [-0.05, 0) is 77.0 Å². The summed E-state index contributed by atoms with van der Waals surface area (Å²) in [7, 11) is 1.43. The summed E-state index contributed by atoms with van der Waals surface area (Å²) in [5.41, 5.74) is 0. The maximum Gasteiger partial charge on any atom is 0.472 e. The molecule has 0 aliphatic heterocycles. The number of rotatable bonds is 38. The third-order valence-corrected chi connectivity index (χ3v) is 9.70. The molecule has 0 saturated carbocycles. The molecule has 0 aromatic heterocycles. The molecule has 10 heteroatoms. The average Bonchev–Trinajstić information content (AvgIpc) is 3.15. The first-order chi connectivity index (χ1) is 27.0. The first-order valence-corrected chi connectivity index (χ1v) is 23.2. The minimum Gasteiger partial charge on any atom is -0.462 e. The van der Waals surface area contributed by atoms with Gasteiger partial charge in [-0.1, -0.05) is 138 Å². The van der Waals surface area contributed by atoms with Crippen molar-refractivity contribution in [3.05, 3.63) is 72.9 Å². The number of quaternary nitrogens is 1. The maximum absolute atomic E-state index is 12.7. The van der Waals surface area contributed by atoms with Crippen LogP contribution < -0.4 is 0 Å². The second kappa shape index (κ2) is 38.0. The molecular weight excluding hydrogens is 725 g/mol. The van der Waals surface area contributed by atoms with Crippen LogP contribution in [0.4, 0.5) is 0 Å². The number of nitrogens with zero attached hydrogens (tertiary/aromatic N) is 1. The summed E-state index contributed by atoms with van der Waals surface area (Å²) in [5.74, 6) is -0.883. The fourth-order valence-corrected chi connectivity index (χ4v) is 6.08. The van der Waals surface area contributed by atoms with Gasteiger partial charge in [0.15, 0.2) is 6.10 Å². The summed E-state index contributed by atoms with van der Waals surface area (Å²) < 4.78 is 34.2. The quantitative estimate of drug-likeness (QED) is 0.0216. The largest absolute Gasteiger partial charge is 0.472 e. The molecule has 56 heavy (non-hydrogen) atoms. The monoisotopic (exact) mass is 807 g/mol. The molecule has 322 valence electrons. The molecule has 0 aromatic carbocycles. The molecule has 0 rings (SSSR count). The molecule has 1 unspecified atom stereocenters. The van der Waals surface area contributed by atoms with E-state index in [2.05, 4.69) is 86.8 Å². The Bertz CT molecular complexity index is 1180. The van der Waals surface area contributed by atoms with Crippen molar-refractivity contribution in [3.63, 3.8) is 0 Å². The number of carbonyl (C=O) groups excluding carboxylic acids is 2. The van der Waals surface area contributed by atoms with Crippen LogP contribution in [0.1, 0.15) is 155 Å². The van der Waals surface area contributed by atoms with Gasteiger partial charge in [0.2, 0.25) is 0 Å². The highest BCUT2D eigenvalue weighted by atomic mass is 31.2. The Hall–Kier alpha value is -2.55. The molecule has 0 fully saturated rings. The Morgan fingerprint density at radius 1 is 0.571 bits per heavy atom. The molecule has 2 atom stereocenters. The molecular formula is C46H81NO8P+. The van der Waals surface area contributed by atoms with Crippen molar-refractivity contribution < 1.29 is 42.1 Å². The van der Waals surface area contributed by atoms with E-state index in [0.717, 1.165) is 70.6 Å². The summed E-state index contributed by atoms with van der Waals surface area (Å²) >= 11 is 0. The summed E-state index contributed by atoms with van der Waals surface area (Å²) in [4.78, 5) is 35.3. The lowest BCUT2D eigenvalue weighted by molar-refractivity contribution is -0.870. The second-order valence-corrected chi connectivity index (χ2v) is 16.8. The van der Waals surface area contributed by atoms with Crippen LogP contribution in [-0.2, 0) is 32.7 Å². The lowest BCUT2D eigenvalue weighted by atomic mass is 10.1. The van der Waals surface area contributed by atoms with Gasteiger partial charge in [0.25, 0.3) is 0 Å². The van der Waals surface area contributed by atoms with E-state index in [1.54, 1.807) is 0 Å². The molecule has 0 aromatic rings. The first kappa shape index (κ1) is 53.5. The zero-order valence-corrected chi connectivity index (χ0v) is 37.0. The molecule has 0 aliphatic carbocycles. The van der Waals surface area contributed by atoms with Gasteiger partial charge in [0.05, 0.1) is 27.7 Å². The fourth-order valence-electron chi connectivity index (χ4n) is 5.34. The van der Waals surface area contributed by atoms with Gasteiger partial charge in [-0.25, -0.2) is 4.57 Å². The van der Waals surface area contributed by atoms with Crippen LogP contribution in [0.5, 0.6) is 0 Å². The van der Waals surface area contributed by atoms with E-state index in [9.17, 15) is 19.0 Å². The average molecular weight is 807 g/mol. The first-order valence-electron chi connectivity index (χ1n) is 21.7. The van der Waals surface area contributed by atoms with Crippen molar-refractivity contribution >= 4 is 19.8 Å². The molecule has 0 bridgehead atoms. The number of carbonyl (C=O) groups is 2. The van der Waals surface area contributed by atoms with Crippen molar-refractivity contribution in [2.45, 2.75) is 161 Å². The second-order valence-electron chi connectivity index (χ2n) is 15.3. The lowest BCUT2D eigenvalue weighted by Crippen LogP contribution is -2.37. The Balaban J connectivity index is 4.49. The van der Waals surface area contributed by atoms with E-state index < -0.39 is 32.5 Å². The number of likely N-dealkylation sites (N-methyl/N-ethyl adjacent to an activating group) is 1. The number of phosphoric ester groups is 1. The number of hydrogen-bond acceptors (Lipinski definition) is 7. The Kier molecular flexibility index (Phi) is 36.3. The molecule has 0 heterocycles. The summed E-state index contributed by atoms with van der Waals surface area (Å²) in [6, 6.07) is 0. The van der Waals surface area contributed by atoms with Crippen LogP contribution in [0.2, 0.25) is 0 Å². The van der Waals surface area contributed by atoms with Crippen LogP contribution in [0.15, 0.2) is 72.9 Å². The number of unbranched alkanes of at least 4 members (excludes halogenated alkanes) is 12. The summed E-state index contributed by atoms with van der Waals surface area (Å²) in [5, 5.41) is 0. The number of allylic oxidation sites excluding steroid dienone is 12. The summed E-state index contributed by atoms with van der Waals surface area (Å²) in [6.45, 7) is 4.21. The predicted octanol–water partition coefficient (Wildman–Crippen LogP) is 12.2. The number of hydrogen-bond donors (Lipinski definition) is 1. The highest BCUT2D eigenvalue weighted by Gasteiger charge is 2.27. The highest BCUT2D eigenvalue weighted by Crippen LogP contribution is 2.43. The molecule has 0 aliphatic rings. The van der Waals surface area contributed by atoms with Crippen molar-refractivity contribution in [3.8, 4) is 0 Å². The van der Waals surface area contributed by atoms with E-state index in [1.165, 1.54) is 44.9 Å². The van der Waals surface area contributed by atoms with Crippen molar-refractivity contribution in [1.29, 1.82) is 0 Å². The fraction of sp³-hybridized carbons (Fsp3) is 0.696. The van der Waals surface area contributed by atoms with E-state index in [-0.39, 0.29) is 26.1 Å². The maximum atomic E-state index is 12.7. The number of ether oxygens (including phenoxy) is 2. The lowest BCUT2D eigenvalue weighted by Gasteiger charge is -2.24. The van der Waals surface area contributed by atoms with Crippen LogP contribution in [0.25, 0.3) is 0 Å². The third-order valence-electron chi connectivity index (χ3n) is 8.72. The minimum absolute atomic E-state index is 0.0179. The Morgan fingerprint density at radius 3 is 1.59 bits per heavy atom. The zero-order valence-electron chi connectivity index (χ0n) is 36.1. The topological polar surface area (TPSA) is 108 Å². The standard InChI is InChI=1S/C46H80NO8P/c1-6-8-10-12-14-16-18-20-22-23-25-26-28-30-32-34-36-38-45(48)52-42-44(43-54-56(50,51)53-41-40-47(3,4)5)55-46(49)39-37-35-33-31-29-27-24-21-19-17-15-13-11-9-7-2/h8,10,14,16,20-22,24-26,30,32,44H,6-7,9,11-13,15,17-19,23,27-29,31,33-43H2,1-5H3/p+1/b10-8+,16-14+,22-20+,24-21+,26-25+,32-30+/t44-/m1/s1. The number of esters is 2. The third kappa shape index (κ3) is 41.1. The molecule has 9 nitrogen and oxygen atoms in total. The van der Waals surface area contributed by atoms with Gasteiger partial charge in [-0.15, -0.1) is 0 Å². The normalized spacial score (nSPS) is 14.3. The van der Waals surface area contributed by atoms with Crippen molar-refractivity contribution in [1.82, 2.24) is 0 Å². The smallest absolute Gasteiger partial charge is 0.462 e. The molecule has 0 radical (unpaired) electrons. The van der Waals surface area contributed by atoms with Gasteiger partial charge < -0.3 is 18.9 Å². The van der Waals surface area contributed by atoms with Crippen molar-refractivity contribution in [2.75, 3.05) is 47.5 Å². The zero-order chi connectivity index (χ0) is 41.4. The minimum atomic E-state index is -4.39. The van der Waals surface area contributed by atoms with Crippen LogP contribution >= 0.6 is 7.82 Å². The van der Waals surface area contributed by atoms with E-state index in [4.69, 9.17) is 18.5 Å².